The Morgan fingerprint density at radius 1 is 1.17 bits per heavy atom. The molecule has 0 heterocycles. The van der Waals surface area contributed by atoms with E-state index in [1.54, 1.807) is 0 Å². The molecule has 0 atom stereocenters. The normalized spacial score (nSPS) is 12.2. The topological polar surface area (TPSA) is 52.6 Å². The third-order valence-corrected chi connectivity index (χ3v) is 2.78. The van der Waals surface area contributed by atoms with Crippen molar-refractivity contribution in [3.05, 3.63) is 24.3 Å². The molecular weight excluding hydrogens is 297 g/mol. The van der Waals surface area contributed by atoms with Gasteiger partial charge in [-0.25, -0.2) is 8.42 Å². The minimum absolute atomic E-state index is 0.213. The lowest BCUT2D eigenvalue weighted by Gasteiger charge is -2.13. The van der Waals surface area contributed by atoms with Crippen LogP contribution in [-0.2, 0) is 9.05 Å². The summed E-state index contributed by atoms with van der Waals surface area (Å²) in [6.07, 6.45) is -4.85. The van der Waals surface area contributed by atoms with Crippen molar-refractivity contribution < 1.29 is 31.1 Å². The summed E-state index contributed by atoms with van der Waals surface area (Å²) in [7, 11) is 1.17. The minimum atomic E-state index is -4.85. The second-order valence-corrected chi connectivity index (χ2v) is 5.98. The van der Waals surface area contributed by atoms with Crippen LogP contribution >= 0.6 is 10.7 Å². The van der Waals surface area contributed by atoms with E-state index >= 15 is 0 Å². The Balaban J connectivity index is 2.71. The molecule has 18 heavy (non-hydrogen) atoms. The molecule has 0 saturated carbocycles. The average Bonchev–Trinajstić information content (AvgIpc) is 2.16. The molecule has 0 aromatic heterocycles. The van der Waals surface area contributed by atoms with Gasteiger partial charge in [0.25, 0.3) is 0 Å². The Hall–Kier alpha value is -1.15. The van der Waals surface area contributed by atoms with Crippen LogP contribution < -0.4 is 9.47 Å². The first-order valence-electron chi connectivity index (χ1n) is 4.57. The summed E-state index contributed by atoms with van der Waals surface area (Å²) in [5.74, 6) is -1.28. The molecule has 102 valence electrons. The number of para-hydroxylation sites is 2. The van der Waals surface area contributed by atoms with E-state index in [0.29, 0.717) is 0 Å². The van der Waals surface area contributed by atoms with Crippen LogP contribution in [0.15, 0.2) is 24.3 Å². The van der Waals surface area contributed by atoms with Crippen LogP contribution in [-0.4, -0.2) is 27.1 Å². The third kappa shape index (κ3) is 5.97. The molecule has 1 aromatic rings. The molecule has 0 radical (unpaired) electrons. The highest BCUT2D eigenvalue weighted by atomic mass is 35.7. The number of benzene rings is 1. The van der Waals surface area contributed by atoms with Gasteiger partial charge in [0.15, 0.2) is 11.5 Å². The molecule has 9 heteroatoms. The summed E-state index contributed by atoms with van der Waals surface area (Å²) < 4.78 is 65.9. The van der Waals surface area contributed by atoms with Crippen LogP contribution in [0.1, 0.15) is 0 Å². The Bertz CT molecular complexity index is 501. The van der Waals surface area contributed by atoms with Gasteiger partial charge in [0, 0.05) is 10.7 Å². The fraction of sp³-hybridized carbons (Fsp3) is 0.333. The quantitative estimate of drug-likeness (QED) is 0.784. The van der Waals surface area contributed by atoms with E-state index in [0.717, 1.165) is 6.07 Å². The monoisotopic (exact) mass is 304 g/mol. The van der Waals surface area contributed by atoms with Crippen LogP contribution in [0.3, 0.4) is 0 Å². The third-order valence-electron chi connectivity index (χ3n) is 1.66. The van der Waals surface area contributed by atoms with E-state index < -0.39 is 26.9 Å². The van der Waals surface area contributed by atoms with E-state index in [2.05, 4.69) is 4.74 Å². The van der Waals surface area contributed by atoms with Crippen molar-refractivity contribution in [3.8, 4) is 11.5 Å². The first kappa shape index (κ1) is 14.9. The highest BCUT2D eigenvalue weighted by Crippen LogP contribution is 2.31. The van der Waals surface area contributed by atoms with E-state index in [4.69, 9.17) is 15.4 Å². The molecule has 0 amide bonds. The molecule has 0 N–H and O–H groups in total. The van der Waals surface area contributed by atoms with E-state index in [1.165, 1.54) is 18.2 Å². The number of alkyl halides is 3. The maximum Gasteiger partial charge on any atom is 0.573 e. The predicted molar refractivity (Wildman–Crippen MR) is 58.3 cm³/mol. The molecule has 0 unspecified atom stereocenters. The summed E-state index contributed by atoms with van der Waals surface area (Å²) in [5.41, 5.74) is 0. The van der Waals surface area contributed by atoms with Crippen molar-refractivity contribution in [2.45, 2.75) is 6.36 Å². The maximum absolute atomic E-state index is 12.0. The molecule has 0 aliphatic rings. The highest BCUT2D eigenvalue weighted by molar-refractivity contribution is 8.13. The zero-order valence-corrected chi connectivity index (χ0v) is 10.3. The van der Waals surface area contributed by atoms with Crippen LogP contribution in [0, 0.1) is 0 Å². The first-order valence-corrected chi connectivity index (χ1v) is 7.05. The van der Waals surface area contributed by atoms with Gasteiger partial charge >= 0.3 is 6.36 Å². The van der Waals surface area contributed by atoms with Crippen molar-refractivity contribution in [2.24, 2.45) is 0 Å². The molecule has 0 aliphatic carbocycles. The molecule has 0 bridgehead atoms. The molecule has 0 fully saturated rings. The van der Waals surface area contributed by atoms with Gasteiger partial charge in [-0.05, 0) is 12.1 Å². The van der Waals surface area contributed by atoms with Crippen molar-refractivity contribution >= 4 is 19.7 Å². The number of hydrogen-bond donors (Lipinski definition) is 0. The lowest BCUT2D eigenvalue weighted by atomic mass is 10.3. The molecule has 1 rings (SSSR count). The fourth-order valence-electron chi connectivity index (χ4n) is 1.03. The van der Waals surface area contributed by atoms with Gasteiger partial charge in [-0.3, -0.25) is 0 Å². The Morgan fingerprint density at radius 2 is 1.72 bits per heavy atom. The van der Waals surface area contributed by atoms with Gasteiger partial charge in [-0.2, -0.15) is 0 Å². The van der Waals surface area contributed by atoms with Crippen molar-refractivity contribution in [3.63, 3.8) is 0 Å². The van der Waals surface area contributed by atoms with Crippen LogP contribution in [0.4, 0.5) is 13.2 Å². The van der Waals surface area contributed by atoms with Gasteiger partial charge < -0.3 is 9.47 Å². The Labute approximate surface area is 106 Å². The summed E-state index contributed by atoms with van der Waals surface area (Å²) >= 11 is 0. The largest absolute Gasteiger partial charge is 0.573 e. The maximum atomic E-state index is 12.0. The van der Waals surface area contributed by atoms with Crippen LogP contribution in [0.2, 0.25) is 0 Å². The fourth-order valence-corrected chi connectivity index (χ4v) is 1.50. The number of halogens is 4. The molecule has 1 aromatic carbocycles. The lowest BCUT2D eigenvalue weighted by Crippen LogP contribution is -2.18. The molecule has 0 aliphatic heterocycles. The van der Waals surface area contributed by atoms with Gasteiger partial charge in [-0.1, -0.05) is 12.1 Å². The molecule has 0 saturated heterocycles. The average molecular weight is 305 g/mol. The summed E-state index contributed by atoms with van der Waals surface area (Å²) in [6, 6.07) is 5.03. The molecule has 0 spiro atoms. The highest BCUT2D eigenvalue weighted by Gasteiger charge is 2.32. The van der Waals surface area contributed by atoms with Crippen molar-refractivity contribution in [1.29, 1.82) is 0 Å². The SMILES string of the molecule is O=S(=O)(Cl)CCOc1ccccc1OC(F)(F)F. The first-order chi connectivity index (χ1) is 8.17. The van der Waals surface area contributed by atoms with E-state index in [9.17, 15) is 21.6 Å². The summed E-state index contributed by atoms with van der Waals surface area (Å²) in [6.45, 7) is -0.371. The second kappa shape index (κ2) is 5.66. The summed E-state index contributed by atoms with van der Waals surface area (Å²) in [4.78, 5) is 0. The van der Waals surface area contributed by atoms with E-state index in [1.807, 2.05) is 0 Å². The standard InChI is InChI=1S/C9H8ClF3O4S/c10-18(14,15)6-5-16-7-3-1-2-4-8(7)17-9(11,12)13/h1-4H,5-6H2. The second-order valence-electron chi connectivity index (χ2n) is 3.09. The minimum Gasteiger partial charge on any atom is -0.489 e. The number of rotatable bonds is 5. The summed E-state index contributed by atoms with van der Waals surface area (Å²) in [5, 5.41) is 0. The van der Waals surface area contributed by atoms with E-state index in [-0.39, 0.29) is 12.4 Å². The van der Waals surface area contributed by atoms with Gasteiger partial charge in [0.1, 0.15) is 6.61 Å². The van der Waals surface area contributed by atoms with Gasteiger partial charge in [0.2, 0.25) is 9.05 Å². The zero-order valence-electron chi connectivity index (χ0n) is 8.78. The number of ether oxygens (including phenoxy) is 2. The molecule has 4 nitrogen and oxygen atoms in total. The predicted octanol–water partition coefficient (Wildman–Crippen LogP) is 2.53. The van der Waals surface area contributed by atoms with Gasteiger partial charge in [-0.15, -0.1) is 13.2 Å². The molecular formula is C9H8ClF3O4S. The van der Waals surface area contributed by atoms with Gasteiger partial charge in [0.05, 0.1) is 5.75 Å². The number of hydrogen-bond acceptors (Lipinski definition) is 4. The van der Waals surface area contributed by atoms with Crippen LogP contribution in [0.25, 0.3) is 0 Å². The Morgan fingerprint density at radius 3 is 2.22 bits per heavy atom. The van der Waals surface area contributed by atoms with Crippen molar-refractivity contribution in [2.75, 3.05) is 12.4 Å². The lowest BCUT2D eigenvalue weighted by molar-refractivity contribution is -0.275. The van der Waals surface area contributed by atoms with Crippen LogP contribution in [0.5, 0.6) is 11.5 Å². The smallest absolute Gasteiger partial charge is 0.489 e. The Kier molecular flexibility index (Phi) is 4.69. The van der Waals surface area contributed by atoms with Crippen molar-refractivity contribution in [1.82, 2.24) is 0 Å². The zero-order chi connectivity index (χ0) is 13.8.